The Kier molecular flexibility index (Phi) is 7.42. The van der Waals surface area contributed by atoms with Crippen LogP contribution < -0.4 is 5.32 Å². The van der Waals surface area contributed by atoms with Crippen LogP contribution in [0.15, 0.2) is 16.8 Å². The van der Waals surface area contributed by atoms with Crippen molar-refractivity contribution in [3.8, 4) is 6.07 Å². The normalized spacial score (nSPS) is 12.8. The average molecular weight is 316 g/mol. The lowest BCUT2D eigenvalue weighted by Gasteiger charge is -2.26. The second-order valence-corrected chi connectivity index (χ2v) is 7.11. The van der Waals surface area contributed by atoms with E-state index in [1.165, 1.54) is 0 Å². The lowest BCUT2D eigenvalue weighted by atomic mass is 10.1. The van der Waals surface area contributed by atoms with Crippen molar-refractivity contribution in [3.63, 3.8) is 0 Å². The second kappa shape index (κ2) is 8.02. The van der Waals surface area contributed by atoms with Gasteiger partial charge in [-0.05, 0) is 27.7 Å². The Morgan fingerprint density at radius 3 is 2.10 bits per heavy atom. The molecule has 0 aliphatic carbocycles. The van der Waals surface area contributed by atoms with Gasteiger partial charge in [0.05, 0.1) is 6.61 Å². The number of nitrogens with zero attached hydrogens (tertiary/aromatic N) is 1. The number of rotatable bonds is 7. The molecule has 1 N–H and O–H groups in total. The smallest absolute Gasteiger partial charge is 0.374 e. The minimum absolute atomic E-state index is 0.0473. The number of hydrogen-bond acceptors (Lipinski definition) is 7. The number of ether oxygens (including phenoxy) is 1. The van der Waals surface area contributed by atoms with Gasteiger partial charge in [0.1, 0.15) is 17.7 Å². The van der Waals surface area contributed by atoms with Gasteiger partial charge in [-0.3, -0.25) is 4.57 Å². The summed E-state index contributed by atoms with van der Waals surface area (Å²) in [6.07, 6.45) is 0. The van der Waals surface area contributed by atoms with Gasteiger partial charge in [-0.25, -0.2) is 4.79 Å². The monoisotopic (exact) mass is 316 g/mol. The van der Waals surface area contributed by atoms with Crippen LogP contribution >= 0.6 is 7.60 Å². The van der Waals surface area contributed by atoms with Crippen molar-refractivity contribution in [2.24, 2.45) is 0 Å². The van der Waals surface area contributed by atoms with Crippen molar-refractivity contribution in [1.29, 1.82) is 5.26 Å². The first-order valence-corrected chi connectivity index (χ1v) is 7.76. The number of carbonyl (C=O) groups excluding carboxylic acids is 1. The van der Waals surface area contributed by atoms with Crippen LogP contribution in [0.1, 0.15) is 27.7 Å². The topological polar surface area (TPSA) is 97.7 Å². The SMILES string of the molecule is CCOC(C#N)=C(NC(C)(C)C)C(=C=O)P(=O)(OC)OC. The minimum Gasteiger partial charge on any atom is -0.482 e. The second-order valence-electron chi connectivity index (χ2n) is 4.94. The summed E-state index contributed by atoms with van der Waals surface area (Å²) in [6.45, 7) is 7.31. The molecule has 0 aromatic rings. The zero-order chi connectivity index (χ0) is 16.7. The molecule has 0 heterocycles. The van der Waals surface area contributed by atoms with Gasteiger partial charge in [-0.1, -0.05) is 0 Å². The van der Waals surface area contributed by atoms with E-state index < -0.39 is 18.4 Å². The highest BCUT2D eigenvalue weighted by molar-refractivity contribution is 7.59. The molecule has 0 unspecified atom stereocenters. The summed E-state index contributed by atoms with van der Waals surface area (Å²) in [5.41, 5.74) is -0.572. The van der Waals surface area contributed by atoms with E-state index in [2.05, 4.69) is 5.32 Å². The first-order valence-electron chi connectivity index (χ1n) is 6.22. The maximum Gasteiger partial charge on any atom is 0.374 e. The lowest BCUT2D eigenvalue weighted by Crippen LogP contribution is -2.36. The Balaban J connectivity index is 6.21. The van der Waals surface area contributed by atoms with Crippen molar-refractivity contribution in [3.05, 3.63) is 16.8 Å². The predicted molar refractivity (Wildman–Crippen MR) is 78.0 cm³/mol. The molecule has 0 bridgehead atoms. The summed E-state index contributed by atoms with van der Waals surface area (Å²) in [5.74, 6) is 1.36. The molecule has 0 rings (SSSR count). The maximum atomic E-state index is 12.5. The molecule has 0 fully saturated rings. The van der Waals surface area contributed by atoms with Crippen molar-refractivity contribution in [2.45, 2.75) is 33.2 Å². The molecular formula is C13H21N2O5P. The Morgan fingerprint density at radius 2 is 1.81 bits per heavy atom. The van der Waals surface area contributed by atoms with Gasteiger partial charge >= 0.3 is 7.60 Å². The minimum atomic E-state index is -3.88. The summed E-state index contributed by atoms with van der Waals surface area (Å²) in [4.78, 5) is 11.3. The van der Waals surface area contributed by atoms with E-state index in [4.69, 9.17) is 13.8 Å². The van der Waals surface area contributed by atoms with E-state index >= 15 is 0 Å². The Morgan fingerprint density at radius 1 is 1.29 bits per heavy atom. The molecule has 0 atom stereocenters. The molecule has 0 saturated heterocycles. The third-order valence-electron chi connectivity index (χ3n) is 2.21. The van der Waals surface area contributed by atoms with Gasteiger partial charge in [-0.15, -0.1) is 0 Å². The third kappa shape index (κ3) is 5.37. The van der Waals surface area contributed by atoms with Crippen LogP contribution in [0.2, 0.25) is 0 Å². The maximum absolute atomic E-state index is 12.5. The third-order valence-corrected chi connectivity index (χ3v) is 4.03. The predicted octanol–water partition coefficient (Wildman–Crippen LogP) is 2.35. The molecule has 7 nitrogen and oxygen atoms in total. The molecule has 118 valence electrons. The van der Waals surface area contributed by atoms with Crippen molar-refractivity contribution in [1.82, 2.24) is 5.32 Å². The van der Waals surface area contributed by atoms with Crippen LogP contribution in [-0.4, -0.2) is 32.3 Å². The van der Waals surface area contributed by atoms with E-state index in [-0.39, 0.29) is 18.1 Å². The lowest BCUT2D eigenvalue weighted by molar-refractivity contribution is 0.237. The number of nitrogens with one attached hydrogen (secondary N) is 1. The van der Waals surface area contributed by atoms with Gasteiger partial charge in [0.25, 0.3) is 0 Å². The van der Waals surface area contributed by atoms with E-state index in [9.17, 15) is 14.6 Å². The highest BCUT2D eigenvalue weighted by Gasteiger charge is 2.36. The number of hydrogen-bond donors (Lipinski definition) is 1. The summed E-state index contributed by atoms with van der Waals surface area (Å²) >= 11 is 0. The molecule has 0 radical (unpaired) electrons. The average Bonchev–Trinajstić information content (AvgIpc) is 2.42. The molecule has 0 aliphatic rings. The summed E-state index contributed by atoms with van der Waals surface area (Å²) in [6, 6.07) is 1.82. The van der Waals surface area contributed by atoms with E-state index in [0.29, 0.717) is 0 Å². The molecule has 0 amide bonds. The zero-order valence-electron chi connectivity index (χ0n) is 13.1. The van der Waals surface area contributed by atoms with Gasteiger partial charge in [0.15, 0.2) is 5.31 Å². The Labute approximate surface area is 125 Å². The molecular weight excluding hydrogens is 295 g/mol. The zero-order valence-corrected chi connectivity index (χ0v) is 14.0. The van der Waals surface area contributed by atoms with Gasteiger partial charge in [0.2, 0.25) is 5.76 Å². The van der Waals surface area contributed by atoms with E-state index in [1.54, 1.807) is 33.6 Å². The van der Waals surface area contributed by atoms with Gasteiger partial charge < -0.3 is 19.1 Å². The summed E-state index contributed by atoms with van der Waals surface area (Å²) in [7, 11) is -1.60. The summed E-state index contributed by atoms with van der Waals surface area (Å²) < 4.78 is 27.2. The molecule has 0 aromatic heterocycles. The highest BCUT2D eigenvalue weighted by Crippen LogP contribution is 2.56. The Hall–Kier alpha value is -1.57. The molecule has 0 aromatic carbocycles. The molecule has 0 saturated carbocycles. The fourth-order valence-electron chi connectivity index (χ4n) is 1.40. The van der Waals surface area contributed by atoms with Crippen LogP contribution in [0.25, 0.3) is 0 Å². The van der Waals surface area contributed by atoms with Crippen LogP contribution in [-0.2, 0) is 23.1 Å². The number of nitriles is 1. The fraction of sp³-hybridized carbons (Fsp3) is 0.615. The largest absolute Gasteiger partial charge is 0.482 e. The van der Waals surface area contributed by atoms with Crippen LogP contribution in [0.4, 0.5) is 0 Å². The van der Waals surface area contributed by atoms with Crippen molar-refractivity contribution < 1.29 is 23.1 Å². The molecule has 8 heteroatoms. The molecule has 0 aliphatic heterocycles. The standard InChI is InChI=1S/C13H21N2O5P/c1-7-20-10(8-14)12(15-13(2,3)4)11(9-16)21(17,18-5)19-6/h15H,7H2,1-6H3. The van der Waals surface area contributed by atoms with E-state index in [1.807, 2.05) is 6.07 Å². The quantitative estimate of drug-likeness (QED) is 0.253. The first kappa shape index (κ1) is 19.4. The van der Waals surface area contributed by atoms with E-state index in [0.717, 1.165) is 14.2 Å². The number of allylic oxidation sites excluding steroid dienone is 2. The van der Waals surface area contributed by atoms with Crippen LogP contribution in [0.5, 0.6) is 0 Å². The summed E-state index contributed by atoms with van der Waals surface area (Å²) in [5, 5.41) is 11.7. The molecule has 0 spiro atoms. The van der Waals surface area contributed by atoms with Gasteiger partial charge in [-0.2, -0.15) is 5.26 Å². The van der Waals surface area contributed by atoms with Crippen LogP contribution in [0.3, 0.4) is 0 Å². The molecule has 21 heavy (non-hydrogen) atoms. The van der Waals surface area contributed by atoms with Crippen molar-refractivity contribution in [2.75, 3.05) is 20.8 Å². The van der Waals surface area contributed by atoms with Gasteiger partial charge in [0, 0.05) is 19.8 Å². The van der Waals surface area contributed by atoms with Crippen molar-refractivity contribution >= 4 is 13.5 Å². The highest BCUT2D eigenvalue weighted by atomic mass is 31.2. The Bertz CT molecular complexity index is 528. The van der Waals surface area contributed by atoms with Crippen LogP contribution in [0, 0.1) is 11.3 Å². The fourth-order valence-corrected chi connectivity index (χ4v) is 2.46. The first-order chi connectivity index (χ1) is 9.68.